The maximum Gasteiger partial charge on any atom is 0.162 e. The van der Waals surface area contributed by atoms with Crippen LogP contribution in [0.3, 0.4) is 0 Å². The maximum absolute atomic E-state index is 10.7. The van der Waals surface area contributed by atoms with Crippen molar-refractivity contribution in [3.63, 3.8) is 0 Å². The summed E-state index contributed by atoms with van der Waals surface area (Å²) in [5.74, 6) is 1.86. The number of para-hydroxylation sites is 1. The van der Waals surface area contributed by atoms with Crippen LogP contribution in [0.4, 0.5) is 0 Å². The number of phenolic OH excluding ortho intramolecular Hbond substituents is 1. The Morgan fingerprint density at radius 3 is 2.63 bits per heavy atom. The highest BCUT2D eigenvalue weighted by Gasteiger charge is 2.27. The molecule has 1 aliphatic rings. The molecule has 0 aliphatic carbocycles. The molecule has 2 unspecified atom stereocenters. The van der Waals surface area contributed by atoms with Gasteiger partial charge in [-0.3, -0.25) is 5.32 Å². The number of benzene rings is 2. The summed E-state index contributed by atoms with van der Waals surface area (Å²) < 4.78 is 10.9. The van der Waals surface area contributed by atoms with Gasteiger partial charge in [0.2, 0.25) is 0 Å². The summed E-state index contributed by atoms with van der Waals surface area (Å²) >= 11 is 0. The first-order valence-corrected chi connectivity index (χ1v) is 9.37. The van der Waals surface area contributed by atoms with Crippen LogP contribution in [0.25, 0.3) is 5.70 Å². The molecule has 2 aromatic rings. The predicted molar refractivity (Wildman–Crippen MR) is 108 cm³/mol. The molecule has 0 fully saturated rings. The zero-order valence-electron chi connectivity index (χ0n) is 16.3. The van der Waals surface area contributed by atoms with Crippen LogP contribution in [-0.4, -0.2) is 25.0 Å². The van der Waals surface area contributed by atoms with Crippen LogP contribution < -0.4 is 20.1 Å². The van der Waals surface area contributed by atoms with E-state index in [-0.39, 0.29) is 18.0 Å². The average molecular weight is 368 g/mol. The minimum atomic E-state index is -0.139. The first-order valence-electron chi connectivity index (χ1n) is 9.37. The van der Waals surface area contributed by atoms with Crippen LogP contribution in [0.1, 0.15) is 37.9 Å². The molecule has 2 atom stereocenters. The minimum absolute atomic E-state index is 0.0661. The number of hydrogen-bond donors (Lipinski definition) is 3. The van der Waals surface area contributed by atoms with Gasteiger partial charge in [-0.1, -0.05) is 38.1 Å². The topological polar surface area (TPSA) is 62.8 Å². The van der Waals surface area contributed by atoms with Crippen LogP contribution in [0.2, 0.25) is 0 Å². The number of nitrogens with one attached hydrogen (secondary N) is 2. The van der Waals surface area contributed by atoms with Crippen LogP contribution in [-0.2, 0) is 0 Å². The third kappa shape index (κ3) is 4.19. The fraction of sp³-hybridized carbons (Fsp3) is 0.364. The number of aromatic hydroxyl groups is 1. The molecule has 1 heterocycles. The number of methoxy groups -OCH3 is 1. The Hall–Kier alpha value is -2.66. The summed E-state index contributed by atoms with van der Waals surface area (Å²) in [6.07, 6.45) is 2.16. The monoisotopic (exact) mass is 368 g/mol. The van der Waals surface area contributed by atoms with Crippen molar-refractivity contribution in [2.75, 3.05) is 13.7 Å². The van der Waals surface area contributed by atoms with Gasteiger partial charge in [0, 0.05) is 16.8 Å². The van der Waals surface area contributed by atoms with Crippen molar-refractivity contribution < 1.29 is 14.6 Å². The Labute approximate surface area is 161 Å². The lowest BCUT2D eigenvalue weighted by atomic mass is 9.96. The smallest absolute Gasteiger partial charge is 0.162 e. The molecule has 0 aromatic heterocycles. The van der Waals surface area contributed by atoms with Gasteiger partial charge in [0.1, 0.15) is 5.75 Å². The fourth-order valence-electron chi connectivity index (χ4n) is 3.24. The molecule has 0 spiro atoms. The lowest BCUT2D eigenvalue weighted by Gasteiger charge is -2.35. The van der Waals surface area contributed by atoms with Crippen LogP contribution in [0.5, 0.6) is 17.2 Å². The molecule has 0 saturated heterocycles. The van der Waals surface area contributed by atoms with Crippen molar-refractivity contribution in [3.05, 3.63) is 59.7 Å². The van der Waals surface area contributed by atoms with Gasteiger partial charge in [-0.15, -0.1) is 0 Å². The highest BCUT2D eigenvalue weighted by Crippen LogP contribution is 2.37. The first kappa shape index (κ1) is 19.1. The van der Waals surface area contributed by atoms with Gasteiger partial charge < -0.3 is 19.9 Å². The zero-order chi connectivity index (χ0) is 19.4. The summed E-state index contributed by atoms with van der Waals surface area (Å²) in [5.41, 5.74) is 2.86. The van der Waals surface area contributed by atoms with E-state index in [1.165, 1.54) is 0 Å². The Balaban J connectivity index is 2.02. The molecule has 0 radical (unpaired) electrons. The van der Waals surface area contributed by atoms with E-state index in [2.05, 4.69) is 36.6 Å². The second kappa shape index (κ2) is 8.35. The summed E-state index contributed by atoms with van der Waals surface area (Å²) in [5, 5.41) is 17.8. The van der Waals surface area contributed by atoms with Crippen LogP contribution in [0, 0.1) is 5.92 Å². The van der Waals surface area contributed by atoms with Gasteiger partial charge >= 0.3 is 0 Å². The predicted octanol–water partition coefficient (Wildman–Crippen LogP) is 4.06. The molecule has 0 saturated carbocycles. The summed E-state index contributed by atoms with van der Waals surface area (Å²) in [6.45, 7) is 6.74. The Kier molecular flexibility index (Phi) is 5.91. The van der Waals surface area contributed by atoms with E-state index in [1.807, 2.05) is 37.3 Å². The number of hydrogen-bond acceptors (Lipinski definition) is 5. The summed E-state index contributed by atoms with van der Waals surface area (Å²) in [4.78, 5) is 0. The Morgan fingerprint density at radius 2 is 1.93 bits per heavy atom. The molecule has 0 bridgehead atoms. The van der Waals surface area contributed by atoms with Crippen molar-refractivity contribution in [2.45, 2.75) is 33.0 Å². The lowest BCUT2D eigenvalue weighted by molar-refractivity contribution is 0.309. The number of ether oxygens (including phenoxy) is 2. The number of rotatable bonds is 6. The highest BCUT2D eigenvalue weighted by molar-refractivity contribution is 5.68. The Bertz CT molecular complexity index is 817. The second-order valence-corrected chi connectivity index (χ2v) is 6.95. The zero-order valence-corrected chi connectivity index (χ0v) is 16.3. The largest absolute Gasteiger partial charge is 0.504 e. The van der Waals surface area contributed by atoms with E-state index in [9.17, 15) is 5.11 Å². The lowest BCUT2D eigenvalue weighted by Crippen LogP contribution is -2.49. The molecular formula is C22H28N2O3. The van der Waals surface area contributed by atoms with E-state index in [1.54, 1.807) is 13.2 Å². The van der Waals surface area contributed by atoms with Gasteiger partial charge in [0.15, 0.2) is 11.5 Å². The van der Waals surface area contributed by atoms with E-state index >= 15 is 0 Å². The van der Waals surface area contributed by atoms with E-state index in [0.29, 0.717) is 18.3 Å². The molecular weight excluding hydrogens is 340 g/mol. The molecule has 5 heteroatoms. The van der Waals surface area contributed by atoms with Gasteiger partial charge in [-0.2, -0.15) is 0 Å². The summed E-state index contributed by atoms with van der Waals surface area (Å²) in [6, 6.07) is 13.5. The van der Waals surface area contributed by atoms with E-state index < -0.39 is 0 Å². The third-order valence-corrected chi connectivity index (χ3v) is 4.72. The van der Waals surface area contributed by atoms with Crippen LogP contribution >= 0.6 is 0 Å². The van der Waals surface area contributed by atoms with Gasteiger partial charge in [0.05, 0.1) is 25.9 Å². The van der Waals surface area contributed by atoms with Crippen molar-refractivity contribution in [2.24, 2.45) is 5.92 Å². The second-order valence-electron chi connectivity index (χ2n) is 6.95. The molecule has 1 aliphatic heterocycles. The van der Waals surface area contributed by atoms with Gasteiger partial charge in [-0.05, 0) is 37.1 Å². The molecule has 144 valence electrons. The highest BCUT2D eigenvalue weighted by atomic mass is 16.5. The molecule has 3 rings (SSSR count). The van der Waals surface area contributed by atoms with Crippen molar-refractivity contribution in [1.82, 2.24) is 10.6 Å². The maximum atomic E-state index is 10.7. The SMILES string of the molecule is CCOc1cccc(C2C=C(c3cccc(OC)c3)NC(C(C)C)N2)c1O. The first-order chi connectivity index (χ1) is 13.0. The number of phenols is 1. The molecule has 27 heavy (non-hydrogen) atoms. The molecule has 5 nitrogen and oxygen atoms in total. The molecule has 0 amide bonds. The third-order valence-electron chi connectivity index (χ3n) is 4.72. The van der Waals surface area contributed by atoms with Crippen molar-refractivity contribution in [1.29, 1.82) is 0 Å². The molecule has 3 N–H and O–H groups in total. The molecule has 2 aromatic carbocycles. The normalized spacial score (nSPS) is 19.4. The van der Waals surface area contributed by atoms with Gasteiger partial charge in [0.25, 0.3) is 0 Å². The summed E-state index contributed by atoms with van der Waals surface area (Å²) in [7, 11) is 1.67. The minimum Gasteiger partial charge on any atom is -0.504 e. The standard InChI is InChI=1S/C22H28N2O3/c1-5-27-20-11-7-10-17(21(20)25)19-13-18(23-22(24-19)14(2)3)15-8-6-9-16(12-15)26-4/h6-14,19,22-25H,5H2,1-4H3. The van der Waals surface area contributed by atoms with E-state index in [0.717, 1.165) is 22.6 Å². The van der Waals surface area contributed by atoms with Gasteiger partial charge in [-0.25, -0.2) is 0 Å². The van der Waals surface area contributed by atoms with Crippen LogP contribution in [0.15, 0.2) is 48.5 Å². The quantitative estimate of drug-likeness (QED) is 0.718. The average Bonchev–Trinajstić information content (AvgIpc) is 2.69. The van der Waals surface area contributed by atoms with E-state index in [4.69, 9.17) is 9.47 Å². The van der Waals surface area contributed by atoms with Crippen molar-refractivity contribution in [3.8, 4) is 17.2 Å². The fourth-order valence-corrected chi connectivity index (χ4v) is 3.24. The van der Waals surface area contributed by atoms with Crippen molar-refractivity contribution >= 4 is 5.70 Å². The Morgan fingerprint density at radius 1 is 1.15 bits per heavy atom.